The largest absolute Gasteiger partial charge is 0.396 e. The summed E-state index contributed by atoms with van der Waals surface area (Å²) in [6.07, 6.45) is 4.34. The van der Waals surface area contributed by atoms with E-state index in [2.05, 4.69) is 0 Å². The van der Waals surface area contributed by atoms with Gasteiger partial charge in [0, 0.05) is 33.2 Å². The second kappa shape index (κ2) is 6.80. The fourth-order valence-electron chi connectivity index (χ4n) is 1.90. The summed E-state index contributed by atoms with van der Waals surface area (Å²) >= 11 is 0. The van der Waals surface area contributed by atoms with Gasteiger partial charge >= 0.3 is 0 Å². The van der Waals surface area contributed by atoms with Gasteiger partial charge in [-0.2, -0.15) is 0 Å². The Bertz CT molecular complexity index is 196. The van der Waals surface area contributed by atoms with Gasteiger partial charge in [0.15, 0.2) is 0 Å². The first-order valence-electron chi connectivity index (χ1n) is 5.69. The molecule has 1 unspecified atom stereocenters. The number of amides is 1. The first kappa shape index (κ1) is 12.5. The van der Waals surface area contributed by atoms with Crippen LogP contribution in [0.5, 0.6) is 0 Å². The summed E-state index contributed by atoms with van der Waals surface area (Å²) in [6.45, 7) is 1.76. The minimum atomic E-state index is 0.175. The number of methoxy groups -OCH3 is 1. The van der Waals surface area contributed by atoms with Gasteiger partial charge in [-0.1, -0.05) is 0 Å². The molecule has 4 heteroatoms. The second-order valence-electron chi connectivity index (χ2n) is 4.02. The van der Waals surface area contributed by atoms with Gasteiger partial charge in [-0.15, -0.1) is 0 Å². The van der Waals surface area contributed by atoms with E-state index in [0.29, 0.717) is 12.8 Å². The maximum atomic E-state index is 11.7. The van der Waals surface area contributed by atoms with Crippen molar-refractivity contribution in [1.29, 1.82) is 0 Å². The average molecular weight is 215 g/mol. The topological polar surface area (TPSA) is 49.8 Å². The van der Waals surface area contributed by atoms with Crippen LogP contribution in [0, 0.1) is 0 Å². The fourth-order valence-corrected chi connectivity index (χ4v) is 1.90. The summed E-state index contributed by atoms with van der Waals surface area (Å²) in [6, 6.07) is 0. The van der Waals surface area contributed by atoms with Gasteiger partial charge in [-0.3, -0.25) is 4.79 Å². The number of hydrogen-bond acceptors (Lipinski definition) is 3. The molecule has 1 fully saturated rings. The molecule has 1 rings (SSSR count). The summed E-state index contributed by atoms with van der Waals surface area (Å²) in [5.41, 5.74) is 0. The Balaban J connectivity index is 2.25. The summed E-state index contributed by atoms with van der Waals surface area (Å²) in [5, 5.41) is 8.62. The van der Waals surface area contributed by atoms with Crippen LogP contribution in [0.25, 0.3) is 0 Å². The molecule has 88 valence electrons. The number of aliphatic hydroxyl groups is 1. The predicted molar refractivity (Wildman–Crippen MR) is 57.5 cm³/mol. The minimum Gasteiger partial charge on any atom is -0.396 e. The monoisotopic (exact) mass is 215 g/mol. The molecule has 15 heavy (non-hydrogen) atoms. The predicted octanol–water partition coefficient (Wildman–Crippen LogP) is 0.786. The van der Waals surface area contributed by atoms with E-state index < -0.39 is 0 Å². The van der Waals surface area contributed by atoms with Crippen LogP contribution in [-0.2, 0) is 9.53 Å². The zero-order chi connectivity index (χ0) is 11.1. The van der Waals surface area contributed by atoms with E-state index in [9.17, 15) is 4.79 Å². The average Bonchev–Trinajstić information content (AvgIpc) is 2.29. The molecule has 1 saturated heterocycles. The van der Waals surface area contributed by atoms with E-state index in [1.165, 1.54) is 0 Å². The Labute approximate surface area is 91.2 Å². The highest BCUT2D eigenvalue weighted by atomic mass is 16.5. The quantitative estimate of drug-likeness (QED) is 0.690. The summed E-state index contributed by atoms with van der Waals surface area (Å²) in [4.78, 5) is 13.6. The van der Waals surface area contributed by atoms with Crippen molar-refractivity contribution in [1.82, 2.24) is 4.90 Å². The highest BCUT2D eigenvalue weighted by molar-refractivity contribution is 5.76. The number of unbranched alkanes of at least 4 members (excludes halogenated alkanes) is 1. The highest BCUT2D eigenvalue weighted by Gasteiger charge is 2.22. The van der Waals surface area contributed by atoms with Crippen LogP contribution in [0.3, 0.4) is 0 Å². The maximum absolute atomic E-state index is 11.7. The molecule has 0 aromatic heterocycles. The van der Waals surface area contributed by atoms with Crippen molar-refractivity contribution in [2.45, 2.75) is 38.2 Å². The van der Waals surface area contributed by atoms with Gasteiger partial charge in [0.1, 0.15) is 0 Å². The molecule has 0 saturated carbocycles. The molecule has 0 aliphatic carbocycles. The van der Waals surface area contributed by atoms with Gasteiger partial charge in [0.25, 0.3) is 0 Å². The Morgan fingerprint density at radius 1 is 1.53 bits per heavy atom. The van der Waals surface area contributed by atoms with Crippen molar-refractivity contribution in [3.8, 4) is 0 Å². The lowest BCUT2D eigenvalue weighted by molar-refractivity contribution is -0.134. The van der Waals surface area contributed by atoms with E-state index >= 15 is 0 Å². The summed E-state index contributed by atoms with van der Waals surface area (Å²) < 4.78 is 5.26. The number of piperidine rings is 1. The Hall–Kier alpha value is -0.610. The fraction of sp³-hybridized carbons (Fsp3) is 0.909. The van der Waals surface area contributed by atoms with Crippen molar-refractivity contribution >= 4 is 5.91 Å². The van der Waals surface area contributed by atoms with Gasteiger partial charge < -0.3 is 14.7 Å². The molecule has 0 aromatic carbocycles. The van der Waals surface area contributed by atoms with Crippen LogP contribution in [0.1, 0.15) is 32.1 Å². The van der Waals surface area contributed by atoms with E-state index in [-0.39, 0.29) is 18.6 Å². The maximum Gasteiger partial charge on any atom is 0.222 e. The lowest BCUT2D eigenvalue weighted by Gasteiger charge is -2.32. The van der Waals surface area contributed by atoms with Gasteiger partial charge in [-0.25, -0.2) is 0 Å². The van der Waals surface area contributed by atoms with Crippen LogP contribution >= 0.6 is 0 Å². The lowest BCUT2D eigenvalue weighted by atomic mass is 10.1. The summed E-state index contributed by atoms with van der Waals surface area (Å²) in [5.74, 6) is 0.199. The van der Waals surface area contributed by atoms with Crippen LogP contribution in [-0.4, -0.2) is 48.8 Å². The number of nitrogens with zero attached hydrogens (tertiary/aromatic N) is 1. The van der Waals surface area contributed by atoms with Crippen molar-refractivity contribution in [3.63, 3.8) is 0 Å². The molecular formula is C11H21NO3. The molecule has 0 spiro atoms. The molecular weight excluding hydrogens is 194 g/mol. The number of ether oxygens (including phenoxy) is 1. The van der Waals surface area contributed by atoms with Crippen LogP contribution in [0.4, 0.5) is 0 Å². The first-order valence-corrected chi connectivity index (χ1v) is 5.69. The van der Waals surface area contributed by atoms with Gasteiger partial charge in [0.2, 0.25) is 5.91 Å². The number of carbonyl (C=O) groups excluding carboxylic acids is 1. The SMILES string of the molecule is COC1CCCN(C(=O)CCCCO)C1. The molecule has 1 aliphatic heterocycles. The molecule has 1 aliphatic rings. The van der Waals surface area contributed by atoms with Crippen LogP contribution in [0.15, 0.2) is 0 Å². The Morgan fingerprint density at radius 2 is 2.33 bits per heavy atom. The zero-order valence-corrected chi connectivity index (χ0v) is 9.45. The molecule has 4 nitrogen and oxygen atoms in total. The normalized spacial score (nSPS) is 21.7. The number of carbonyl (C=O) groups is 1. The van der Waals surface area contributed by atoms with Gasteiger partial charge in [0.05, 0.1) is 6.10 Å². The number of aliphatic hydroxyl groups excluding tert-OH is 1. The third-order valence-corrected chi connectivity index (χ3v) is 2.86. The van der Waals surface area contributed by atoms with E-state index in [1.807, 2.05) is 4.90 Å². The van der Waals surface area contributed by atoms with Crippen molar-refractivity contribution < 1.29 is 14.6 Å². The highest BCUT2D eigenvalue weighted by Crippen LogP contribution is 2.14. The standard InChI is InChI=1S/C11H21NO3/c1-15-10-5-4-7-12(9-10)11(14)6-2-3-8-13/h10,13H,2-9H2,1H3. The second-order valence-corrected chi connectivity index (χ2v) is 4.02. The Morgan fingerprint density at radius 3 is 3.00 bits per heavy atom. The van der Waals surface area contributed by atoms with Crippen molar-refractivity contribution in [3.05, 3.63) is 0 Å². The smallest absolute Gasteiger partial charge is 0.222 e. The van der Waals surface area contributed by atoms with E-state index in [0.717, 1.165) is 32.4 Å². The number of hydrogen-bond donors (Lipinski definition) is 1. The van der Waals surface area contributed by atoms with E-state index in [1.54, 1.807) is 7.11 Å². The molecule has 1 atom stereocenters. The number of likely N-dealkylation sites (tertiary alicyclic amines) is 1. The molecule has 1 heterocycles. The molecule has 0 radical (unpaired) electrons. The summed E-state index contributed by atoms with van der Waals surface area (Å²) in [7, 11) is 1.70. The molecule has 1 N–H and O–H groups in total. The van der Waals surface area contributed by atoms with Crippen LogP contribution < -0.4 is 0 Å². The zero-order valence-electron chi connectivity index (χ0n) is 9.45. The molecule has 0 bridgehead atoms. The minimum absolute atomic E-state index is 0.175. The molecule has 1 amide bonds. The Kier molecular flexibility index (Phi) is 5.65. The third kappa shape index (κ3) is 4.18. The lowest BCUT2D eigenvalue weighted by Crippen LogP contribution is -2.42. The number of rotatable bonds is 5. The van der Waals surface area contributed by atoms with Crippen molar-refractivity contribution in [2.24, 2.45) is 0 Å². The van der Waals surface area contributed by atoms with Gasteiger partial charge in [-0.05, 0) is 25.7 Å². The van der Waals surface area contributed by atoms with Crippen LogP contribution in [0.2, 0.25) is 0 Å². The third-order valence-electron chi connectivity index (χ3n) is 2.86. The molecule has 0 aromatic rings. The first-order chi connectivity index (χ1) is 7.27. The van der Waals surface area contributed by atoms with Crippen molar-refractivity contribution in [2.75, 3.05) is 26.8 Å². The van der Waals surface area contributed by atoms with E-state index in [4.69, 9.17) is 9.84 Å².